The van der Waals surface area contributed by atoms with Crippen LogP contribution < -0.4 is 4.74 Å². The highest BCUT2D eigenvalue weighted by molar-refractivity contribution is 5.61. The Morgan fingerprint density at radius 2 is 2.08 bits per heavy atom. The summed E-state index contributed by atoms with van der Waals surface area (Å²) < 4.78 is 5.04. The van der Waals surface area contributed by atoms with Crippen molar-refractivity contribution in [3.8, 4) is 11.8 Å². The normalized spacial score (nSPS) is 11.4. The average Bonchev–Trinajstić information content (AvgIpc) is 2.17. The van der Waals surface area contributed by atoms with E-state index in [0.717, 1.165) is 5.56 Å². The second-order valence-corrected chi connectivity index (χ2v) is 2.62. The largest absolute Gasteiger partial charge is 0.468 e. The molecule has 1 aromatic carbocycles. The molecule has 0 aliphatic heterocycles. The smallest absolute Gasteiger partial charge is 0.238 e. The molecule has 3 heteroatoms. The van der Waals surface area contributed by atoms with Crippen LogP contribution in [0.1, 0.15) is 5.56 Å². The number of nitrogens with zero attached hydrogens (tertiary/aromatic N) is 1. The molecule has 0 fully saturated rings. The number of carbonyl (C=O) groups excluding carboxylic acids is 1. The first-order valence-electron chi connectivity index (χ1n) is 3.84. The summed E-state index contributed by atoms with van der Waals surface area (Å²) in [6, 6.07) is 8.89. The van der Waals surface area contributed by atoms with E-state index in [1.165, 1.54) is 0 Å². The molecular weight excluding hydrogens is 166 g/mol. The minimum atomic E-state index is -1.01. The lowest BCUT2D eigenvalue weighted by Gasteiger charge is -2.05. The Morgan fingerprint density at radius 3 is 2.54 bits per heavy atom. The number of carbonyl (C=O) groups is 1. The van der Waals surface area contributed by atoms with E-state index in [4.69, 9.17) is 10.00 Å². The van der Waals surface area contributed by atoms with Crippen LogP contribution in [0.4, 0.5) is 0 Å². The van der Waals surface area contributed by atoms with Crippen LogP contribution in [-0.2, 0) is 4.79 Å². The van der Waals surface area contributed by atoms with E-state index < -0.39 is 6.10 Å². The third-order valence-corrected chi connectivity index (χ3v) is 1.53. The van der Waals surface area contributed by atoms with Crippen LogP contribution in [0.3, 0.4) is 0 Å². The van der Waals surface area contributed by atoms with E-state index in [0.29, 0.717) is 12.0 Å². The van der Waals surface area contributed by atoms with Gasteiger partial charge >= 0.3 is 0 Å². The summed E-state index contributed by atoms with van der Waals surface area (Å²) in [5.74, 6) is 0.532. The van der Waals surface area contributed by atoms with Gasteiger partial charge in [0.25, 0.3) is 0 Å². The summed E-state index contributed by atoms with van der Waals surface area (Å²) >= 11 is 0. The van der Waals surface area contributed by atoms with Crippen molar-refractivity contribution in [3.63, 3.8) is 0 Å². The number of benzene rings is 1. The number of aldehydes is 1. The van der Waals surface area contributed by atoms with E-state index >= 15 is 0 Å². The van der Waals surface area contributed by atoms with Gasteiger partial charge in [0.1, 0.15) is 11.8 Å². The summed E-state index contributed by atoms with van der Waals surface area (Å²) in [4.78, 5) is 10.3. The molecule has 0 heterocycles. The molecule has 13 heavy (non-hydrogen) atoms. The van der Waals surface area contributed by atoms with E-state index in [-0.39, 0.29) is 0 Å². The zero-order valence-corrected chi connectivity index (χ0v) is 7.23. The standard InChI is InChI=1S/C10H9NO2/c1-8-2-4-9(5-3-8)13-10(6-11)7-12/h2-5,7,10H,1H3. The minimum absolute atomic E-state index is 0.472. The van der Waals surface area contributed by atoms with E-state index in [1.807, 2.05) is 19.1 Å². The Kier molecular flexibility index (Phi) is 3.04. The maximum atomic E-state index is 10.3. The Hall–Kier alpha value is -1.82. The SMILES string of the molecule is Cc1ccc(OC(C#N)C=O)cc1. The predicted molar refractivity (Wildman–Crippen MR) is 47.3 cm³/mol. The second-order valence-electron chi connectivity index (χ2n) is 2.62. The maximum Gasteiger partial charge on any atom is 0.238 e. The highest BCUT2D eigenvalue weighted by Gasteiger charge is 2.05. The fourth-order valence-electron chi connectivity index (χ4n) is 0.848. The van der Waals surface area contributed by atoms with Crippen LogP contribution >= 0.6 is 0 Å². The molecule has 1 atom stereocenters. The van der Waals surface area contributed by atoms with Gasteiger partial charge in [-0.25, -0.2) is 0 Å². The second kappa shape index (κ2) is 4.27. The fourth-order valence-corrected chi connectivity index (χ4v) is 0.848. The molecule has 1 unspecified atom stereocenters. The van der Waals surface area contributed by atoms with Crippen molar-refractivity contribution in [2.75, 3.05) is 0 Å². The van der Waals surface area contributed by atoms with Crippen molar-refractivity contribution in [1.82, 2.24) is 0 Å². The Morgan fingerprint density at radius 1 is 1.46 bits per heavy atom. The summed E-state index contributed by atoms with van der Waals surface area (Å²) in [7, 11) is 0. The number of hydrogen-bond acceptors (Lipinski definition) is 3. The number of nitriles is 1. The van der Waals surface area contributed by atoms with Gasteiger partial charge < -0.3 is 4.74 Å². The van der Waals surface area contributed by atoms with Crippen LogP contribution in [0.5, 0.6) is 5.75 Å². The lowest BCUT2D eigenvalue weighted by atomic mass is 10.2. The van der Waals surface area contributed by atoms with Gasteiger partial charge in [0.2, 0.25) is 6.10 Å². The average molecular weight is 175 g/mol. The number of rotatable bonds is 3. The topological polar surface area (TPSA) is 50.1 Å². The quantitative estimate of drug-likeness (QED) is 0.653. The molecule has 0 bridgehead atoms. The molecule has 3 nitrogen and oxygen atoms in total. The first-order valence-corrected chi connectivity index (χ1v) is 3.84. The highest BCUT2D eigenvalue weighted by atomic mass is 16.5. The molecule has 0 amide bonds. The van der Waals surface area contributed by atoms with Crippen LogP contribution in [0.15, 0.2) is 24.3 Å². The molecule has 1 aromatic rings. The van der Waals surface area contributed by atoms with Crippen LogP contribution in [-0.4, -0.2) is 12.4 Å². The van der Waals surface area contributed by atoms with Gasteiger partial charge in [-0.3, -0.25) is 4.79 Å². The van der Waals surface area contributed by atoms with Gasteiger partial charge in [0, 0.05) is 0 Å². The molecular formula is C10H9NO2. The van der Waals surface area contributed by atoms with Crippen molar-refractivity contribution in [3.05, 3.63) is 29.8 Å². The molecule has 0 saturated carbocycles. The van der Waals surface area contributed by atoms with Gasteiger partial charge in [-0.1, -0.05) is 17.7 Å². The number of ether oxygens (including phenoxy) is 1. The first kappa shape index (κ1) is 9.27. The van der Waals surface area contributed by atoms with Crippen molar-refractivity contribution in [2.45, 2.75) is 13.0 Å². The summed E-state index contributed by atoms with van der Waals surface area (Å²) in [5.41, 5.74) is 1.10. The van der Waals surface area contributed by atoms with Crippen molar-refractivity contribution >= 4 is 6.29 Å². The van der Waals surface area contributed by atoms with Gasteiger partial charge in [-0.2, -0.15) is 5.26 Å². The number of hydrogen-bond donors (Lipinski definition) is 0. The van der Waals surface area contributed by atoms with E-state index in [9.17, 15) is 4.79 Å². The first-order chi connectivity index (χ1) is 6.26. The molecule has 0 aromatic heterocycles. The Labute approximate surface area is 76.6 Å². The van der Waals surface area contributed by atoms with Gasteiger partial charge in [0.15, 0.2) is 6.29 Å². The molecule has 0 N–H and O–H groups in total. The lowest BCUT2D eigenvalue weighted by Crippen LogP contribution is -2.14. The minimum Gasteiger partial charge on any atom is -0.468 e. The van der Waals surface area contributed by atoms with Crippen molar-refractivity contribution in [1.29, 1.82) is 5.26 Å². The van der Waals surface area contributed by atoms with E-state index in [1.54, 1.807) is 18.2 Å². The Bertz CT molecular complexity index is 324. The molecule has 0 aliphatic rings. The maximum absolute atomic E-state index is 10.3. The monoisotopic (exact) mass is 175 g/mol. The lowest BCUT2D eigenvalue weighted by molar-refractivity contribution is -0.111. The molecule has 0 aliphatic carbocycles. The van der Waals surface area contributed by atoms with Gasteiger partial charge in [-0.05, 0) is 19.1 Å². The zero-order valence-electron chi connectivity index (χ0n) is 7.23. The number of aryl methyl sites for hydroxylation is 1. The van der Waals surface area contributed by atoms with E-state index in [2.05, 4.69) is 0 Å². The van der Waals surface area contributed by atoms with Crippen molar-refractivity contribution < 1.29 is 9.53 Å². The summed E-state index contributed by atoms with van der Waals surface area (Å²) in [6.45, 7) is 1.95. The third-order valence-electron chi connectivity index (χ3n) is 1.53. The summed E-state index contributed by atoms with van der Waals surface area (Å²) in [6.07, 6.45) is -0.539. The van der Waals surface area contributed by atoms with Crippen LogP contribution in [0, 0.1) is 18.3 Å². The molecule has 0 radical (unpaired) electrons. The summed E-state index contributed by atoms with van der Waals surface area (Å²) in [5, 5.41) is 8.44. The van der Waals surface area contributed by atoms with Gasteiger partial charge in [0.05, 0.1) is 0 Å². The molecule has 0 spiro atoms. The van der Waals surface area contributed by atoms with Crippen LogP contribution in [0.2, 0.25) is 0 Å². The molecule has 0 saturated heterocycles. The zero-order chi connectivity index (χ0) is 9.68. The predicted octanol–water partition coefficient (Wildman–Crippen LogP) is 1.46. The fraction of sp³-hybridized carbons (Fsp3) is 0.200. The van der Waals surface area contributed by atoms with Gasteiger partial charge in [-0.15, -0.1) is 0 Å². The van der Waals surface area contributed by atoms with Crippen molar-refractivity contribution in [2.24, 2.45) is 0 Å². The highest BCUT2D eigenvalue weighted by Crippen LogP contribution is 2.12. The Balaban J connectivity index is 2.70. The third kappa shape index (κ3) is 2.60. The molecule has 1 rings (SSSR count). The van der Waals surface area contributed by atoms with Crippen LogP contribution in [0.25, 0.3) is 0 Å². The molecule has 66 valence electrons.